The van der Waals surface area contributed by atoms with E-state index in [1.807, 2.05) is 0 Å². The number of nitrogens with one attached hydrogen (secondary N) is 1. The summed E-state index contributed by atoms with van der Waals surface area (Å²) in [4.78, 5) is 0. The van der Waals surface area contributed by atoms with E-state index in [0.29, 0.717) is 0 Å². The van der Waals surface area contributed by atoms with Crippen molar-refractivity contribution in [2.24, 2.45) is 0 Å². The molecule has 0 amide bonds. The van der Waals surface area contributed by atoms with Crippen molar-refractivity contribution in [3.05, 3.63) is 31.6 Å². The van der Waals surface area contributed by atoms with E-state index in [1.54, 1.807) is 0 Å². The van der Waals surface area contributed by atoms with Gasteiger partial charge >= 0.3 is 0 Å². The van der Waals surface area contributed by atoms with Gasteiger partial charge in [0, 0.05) is 5.54 Å². The van der Waals surface area contributed by atoms with Crippen molar-refractivity contribution in [1.82, 2.24) is 5.32 Å². The molecule has 0 aromatic rings. The van der Waals surface area contributed by atoms with E-state index >= 15 is 0 Å². The van der Waals surface area contributed by atoms with Crippen molar-refractivity contribution in [3.8, 4) is 0 Å². The minimum absolute atomic E-state index is 0.243. The summed E-state index contributed by atoms with van der Waals surface area (Å²) < 4.78 is 0. The Labute approximate surface area is 76.9 Å². The van der Waals surface area contributed by atoms with Crippen molar-refractivity contribution in [1.29, 1.82) is 0 Å². The van der Waals surface area contributed by atoms with Gasteiger partial charge in [-0.15, -0.1) is 0 Å². The van der Waals surface area contributed by atoms with Gasteiger partial charge in [-0.25, -0.2) is 0 Å². The molecule has 0 atom stereocenters. The topological polar surface area (TPSA) is 12.0 Å². The molecule has 1 fully saturated rings. The Morgan fingerprint density at radius 3 is 2.25 bits per heavy atom. The van der Waals surface area contributed by atoms with Crippen molar-refractivity contribution >= 4 is 0 Å². The molecule has 0 spiro atoms. The van der Waals surface area contributed by atoms with Gasteiger partial charge in [0.05, 0.1) is 0 Å². The maximum Gasteiger partial charge on any atom is 0.00965 e. The fourth-order valence-corrected chi connectivity index (χ4v) is 1.16. The number of hydrogen-bond donors (Lipinski definition) is 1. The standard InChI is InChI=1S/C11H18N/c1-11(2,3)12-9-8-10-6-4-5-7-10/h4-7,12H,8-9H2,1-3H3. The lowest BCUT2D eigenvalue weighted by atomic mass is 10.0. The van der Waals surface area contributed by atoms with Crippen LogP contribution in [0.2, 0.25) is 0 Å². The summed E-state index contributed by atoms with van der Waals surface area (Å²) >= 11 is 0. The van der Waals surface area contributed by atoms with Crippen molar-refractivity contribution < 1.29 is 0 Å². The Morgan fingerprint density at radius 1 is 1.17 bits per heavy atom. The SMILES string of the molecule is CC(C)(C)NCC[C]1[CH][CH][CH][CH]1. The van der Waals surface area contributed by atoms with E-state index in [-0.39, 0.29) is 5.54 Å². The van der Waals surface area contributed by atoms with Crippen LogP contribution in [-0.4, -0.2) is 12.1 Å². The van der Waals surface area contributed by atoms with Gasteiger partial charge in [0.1, 0.15) is 0 Å². The molecule has 0 bridgehead atoms. The van der Waals surface area contributed by atoms with E-state index in [2.05, 4.69) is 51.8 Å². The molecule has 1 nitrogen and oxygen atoms in total. The summed E-state index contributed by atoms with van der Waals surface area (Å²) in [5.41, 5.74) is 0.243. The maximum absolute atomic E-state index is 3.46. The van der Waals surface area contributed by atoms with Crippen molar-refractivity contribution in [2.75, 3.05) is 6.54 Å². The van der Waals surface area contributed by atoms with Gasteiger partial charge in [0.15, 0.2) is 0 Å². The third kappa shape index (κ3) is 4.10. The molecule has 12 heavy (non-hydrogen) atoms. The fourth-order valence-electron chi connectivity index (χ4n) is 1.16. The molecule has 0 aromatic heterocycles. The predicted molar refractivity (Wildman–Crippen MR) is 52.8 cm³/mol. The fraction of sp³-hybridized carbons (Fsp3) is 0.545. The molecular weight excluding hydrogens is 146 g/mol. The zero-order valence-electron chi connectivity index (χ0n) is 8.22. The Balaban J connectivity index is 2.02. The molecule has 0 unspecified atom stereocenters. The van der Waals surface area contributed by atoms with E-state index < -0.39 is 0 Å². The second kappa shape index (κ2) is 4.27. The molecule has 1 heteroatoms. The lowest BCUT2D eigenvalue weighted by Gasteiger charge is -2.21. The second-order valence-electron chi connectivity index (χ2n) is 4.22. The van der Waals surface area contributed by atoms with Gasteiger partial charge in [-0.2, -0.15) is 0 Å². The van der Waals surface area contributed by atoms with E-state index in [4.69, 9.17) is 0 Å². The molecular formula is C11H18N. The Kier molecular flexibility index (Phi) is 3.57. The lowest BCUT2D eigenvalue weighted by Crippen LogP contribution is -2.36. The summed E-state index contributed by atoms with van der Waals surface area (Å²) in [7, 11) is 0. The summed E-state index contributed by atoms with van der Waals surface area (Å²) in [6.07, 6.45) is 9.65. The van der Waals surface area contributed by atoms with Gasteiger partial charge in [0.25, 0.3) is 0 Å². The average molecular weight is 164 g/mol. The smallest absolute Gasteiger partial charge is 0.00965 e. The van der Waals surface area contributed by atoms with Crippen LogP contribution in [0.4, 0.5) is 0 Å². The molecule has 0 aliphatic heterocycles. The molecule has 0 saturated heterocycles. The Hall–Kier alpha value is -0.0400. The van der Waals surface area contributed by atoms with E-state index in [9.17, 15) is 0 Å². The number of hydrogen-bond acceptors (Lipinski definition) is 1. The van der Waals surface area contributed by atoms with Gasteiger partial charge < -0.3 is 5.32 Å². The third-order valence-corrected chi connectivity index (χ3v) is 1.80. The molecule has 1 saturated carbocycles. The highest BCUT2D eigenvalue weighted by molar-refractivity contribution is 5.35. The Morgan fingerprint density at radius 2 is 1.75 bits per heavy atom. The maximum atomic E-state index is 3.46. The molecule has 1 rings (SSSR count). The third-order valence-electron chi connectivity index (χ3n) is 1.80. The minimum atomic E-state index is 0.243. The predicted octanol–water partition coefficient (Wildman–Crippen LogP) is 2.17. The van der Waals surface area contributed by atoms with Crippen LogP contribution in [0.1, 0.15) is 27.2 Å². The van der Waals surface area contributed by atoms with Crippen molar-refractivity contribution in [3.63, 3.8) is 0 Å². The molecule has 5 radical (unpaired) electrons. The van der Waals surface area contributed by atoms with Crippen LogP contribution >= 0.6 is 0 Å². The normalized spacial score (nSPS) is 20.2. The molecule has 1 aliphatic carbocycles. The van der Waals surface area contributed by atoms with E-state index in [0.717, 1.165) is 13.0 Å². The van der Waals surface area contributed by atoms with Gasteiger partial charge in [-0.05, 0) is 65.3 Å². The van der Waals surface area contributed by atoms with Crippen LogP contribution in [0.25, 0.3) is 0 Å². The lowest BCUT2D eigenvalue weighted by molar-refractivity contribution is 0.426. The van der Waals surface area contributed by atoms with Crippen LogP contribution < -0.4 is 5.32 Å². The number of rotatable bonds is 3. The first-order valence-electron chi connectivity index (χ1n) is 4.53. The molecule has 0 aromatic carbocycles. The van der Waals surface area contributed by atoms with Gasteiger partial charge in [-0.3, -0.25) is 0 Å². The van der Waals surface area contributed by atoms with Crippen LogP contribution in [0.15, 0.2) is 0 Å². The minimum Gasteiger partial charge on any atom is -0.312 e. The quantitative estimate of drug-likeness (QED) is 0.674. The monoisotopic (exact) mass is 164 g/mol. The van der Waals surface area contributed by atoms with Gasteiger partial charge in [0.2, 0.25) is 0 Å². The zero-order chi connectivity index (χ0) is 9.03. The first-order valence-corrected chi connectivity index (χ1v) is 4.53. The average Bonchev–Trinajstić information content (AvgIpc) is 2.36. The van der Waals surface area contributed by atoms with Crippen LogP contribution in [0.5, 0.6) is 0 Å². The zero-order valence-corrected chi connectivity index (χ0v) is 8.22. The molecule has 1 aliphatic rings. The highest BCUT2D eigenvalue weighted by Gasteiger charge is 2.17. The van der Waals surface area contributed by atoms with Crippen LogP contribution in [0, 0.1) is 31.6 Å². The molecule has 0 heterocycles. The highest BCUT2D eigenvalue weighted by Crippen LogP contribution is 2.25. The van der Waals surface area contributed by atoms with Crippen LogP contribution in [-0.2, 0) is 0 Å². The summed E-state index contributed by atoms with van der Waals surface area (Å²) in [5.74, 6) is 1.42. The van der Waals surface area contributed by atoms with Crippen molar-refractivity contribution in [2.45, 2.75) is 32.7 Å². The largest absolute Gasteiger partial charge is 0.312 e. The molecule has 1 N–H and O–H groups in total. The van der Waals surface area contributed by atoms with E-state index in [1.165, 1.54) is 5.92 Å². The second-order valence-corrected chi connectivity index (χ2v) is 4.22. The Bertz CT molecular complexity index is 117. The summed E-state index contributed by atoms with van der Waals surface area (Å²) in [6, 6.07) is 0. The molecule has 67 valence electrons. The van der Waals surface area contributed by atoms with Gasteiger partial charge in [-0.1, -0.05) is 0 Å². The first kappa shape index (κ1) is 10.0. The summed E-state index contributed by atoms with van der Waals surface area (Å²) in [6.45, 7) is 7.64. The van der Waals surface area contributed by atoms with Crippen LogP contribution in [0.3, 0.4) is 0 Å². The summed E-state index contributed by atoms with van der Waals surface area (Å²) in [5, 5.41) is 3.46. The highest BCUT2D eigenvalue weighted by atomic mass is 14.9. The first-order chi connectivity index (χ1) is 5.58.